The number of piperidine rings is 1. The third-order valence-corrected chi connectivity index (χ3v) is 6.70. The van der Waals surface area contributed by atoms with E-state index in [4.69, 9.17) is 10.7 Å². The number of halogens is 1. The second-order valence-corrected chi connectivity index (χ2v) is 9.19. The smallest absolute Gasteiger partial charge is 0.275 e. The van der Waals surface area contributed by atoms with Gasteiger partial charge in [-0.1, -0.05) is 18.2 Å². The molecule has 1 amide bonds. The molecule has 1 fully saturated rings. The molecule has 2 aromatic heterocycles. The van der Waals surface area contributed by atoms with Gasteiger partial charge in [0.15, 0.2) is 5.69 Å². The highest BCUT2D eigenvalue weighted by Crippen LogP contribution is 2.29. The van der Waals surface area contributed by atoms with E-state index in [1.165, 1.54) is 18.4 Å². The van der Waals surface area contributed by atoms with Gasteiger partial charge in [-0.3, -0.25) is 24.3 Å². The number of aromatic nitrogens is 3. The molecule has 0 spiro atoms. The van der Waals surface area contributed by atoms with E-state index in [-0.39, 0.29) is 24.3 Å². The van der Waals surface area contributed by atoms with Gasteiger partial charge in [0.05, 0.1) is 30.5 Å². The zero-order valence-electron chi connectivity index (χ0n) is 21.1. The molecular formula is C29H30FN7O. The number of fused-ring (bicyclic) bond motifs is 1. The lowest BCUT2D eigenvalue weighted by Gasteiger charge is -2.34. The monoisotopic (exact) mass is 511 g/mol. The van der Waals surface area contributed by atoms with Crippen LogP contribution in [0, 0.1) is 0 Å². The molecule has 0 aliphatic carbocycles. The predicted molar refractivity (Wildman–Crippen MR) is 149 cm³/mol. The molecule has 3 aliphatic heterocycles. The molecule has 1 saturated heterocycles. The summed E-state index contributed by atoms with van der Waals surface area (Å²) in [6.07, 6.45) is 20.7. The molecule has 5 rings (SSSR count). The molecule has 194 valence electrons. The molecule has 0 aromatic carbocycles. The lowest BCUT2D eigenvalue weighted by atomic mass is 10.0. The summed E-state index contributed by atoms with van der Waals surface area (Å²) in [6, 6.07) is 5.58. The maximum atomic E-state index is 14.0. The Morgan fingerprint density at radius 2 is 2.13 bits per heavy atom. The summed E-state index contributed by atoms with van der Waals surface area (Å²) in [5.74, 6) is 0.247. The van der Waals surface area contributed by atoms with E-state index < -0.39 is 0 Å². The van der Waals surface area contributed by atoms with Gasteiger partial charge in [-0.25, -0.2) is 9.37 Å². The Kier molecular flexibility index (Phi) is 7.82. The molecule has 0 saturated carbocycles. The van der Waals surface area contributed by atoms with Gasteiger partial charge in [0.25, 0.3) is 5.91 Å². The summed E-state index contributed by atoms with van der Waals surface area (Å²) >= 11 is 0. The number of rotatable bonds is 6. The van der Waals surface area contributed by atoms with E-state index in [1.54, 1.807) is 18.5 Å². The van der Waals surface area contributed by atoms with Crippen LogP contribution in [-0.2, 0) is 0 Å². The van der Waals surface area contributed by atoms with Crippen LogP contribution in [0.1, 0.15) is 42.0 Å². The molecule has 38 heavy (non-hydrogen) atoms. The Morgan fingerprint density at radius 1 is 1.21 bits per heavy atom. The number of pyridine rings is 1. The number of amides is 1. The van der Waals surface area contributed by atoms with Gasteiger partial charge in [-0.2, -0.15) is 0 Å². The Labute approximate surface area is 221 Å². The third-order valence-electron chi connectivity index (χ3n) is 6.70. The highest BCUT2D eigenvalue weighted by atomic mass is 19.1. The summed E-state index contributed by atoms with van der Waals surface area (Å²) in [5, 5.41) is 0. The molecule has 1 unspecified atom stereocenters. The van der Waals surface area contributed by atoms with E-state index in [1.807, 2.05) is 52.1 Å². The van der Waals surface area contributed by atoms with Crippen LogP contribution in [0.4, 0.5) is 4.39 Å². The SMILES string of the molecule is N/C=C(\C=NCC1CCCCN1C(=O)c1nc2n(c1-c1ccccn1)C=CCC=C2)C1=NCC=C(F)C=C1. The minimum Gasteiger partial charge on any atom is -0.404 e. The number of likely N-dealkylation sites (tertiary alicyclic amines) is 1. The van der Waals surface area contributed by atoms with E-state index >= 15 is 0 Å². The Morgan fingerprint density at radius 3 is 2.97 bits per heavy atom. The lowest BCUT2D eigenvalue weighted by Crippen LogP contribution is -2.45. The fraction of sp³-hybridized carbons (Fsp3) is 0.276. The van der Waals surface area contributed by atoms with Crippen molar-refractivity contribution in [3.8, 4) is 11.4 Å². The number of imidazole rings is 1. The van der Waals surface area contributed by atoms with Gasteiger partial charge in [-0.15, -0.1) is 0 Å². The maximum absolute atomic E-state index is 14.0. The zero-order valence-corrected chi connectivity index (χ0v) is 21.1. The van der Waals surface area contributed by atoms with Crippen molar-refractivity contribution in [2.45, 2.75) is 31.7 Å². The van der Waals surface area contributed by atoms with Gasteiger partial charge in [0.2, 0.25) is 0 Å². The number of carbonyl (C=O) groups is 1. The maximum Gasteiger partial charge on any atom is 0.275 e. The average molecular weight is 512 g/mol. The molecule has 2 N–H and O–H groups in total. The van der Waals surface area contributed by atoms with E-state index in [0.29, 0.717) is 47.3 Å². The van der Waals surface area contributed by atoms with E-state index in [9.17, 15) is 9.18 Å². The molecule has 0 bridgehead atoms. The van der Waals surface area contributed by atoms with E-state index in [2.05, 4.69) is 15.0 Å². The van der Waals surface area contributed by atoms with Gasteiger partial charge in [0, 0.05) is 36.9 Å². The van der Waals surface area contributed by atoms with Crippen LogP contribution < -0.4 is 5.73 Å². The Balaban J connectivity index is 1.40. The molecule has 2 aromatic rings. The van der Waals surface area contributed by atoms with Crippen molar-refractivity contribution in [3.05, 3.63) is 83.9 Å². The zero-order chi connectivity index (χ0) is 26.3. The quantitative estimate of drug-likeness (QED) is 0.573. The first-order chi connectivity index (χ1) is 18.7. The van der Waals surface area contributed by atoms with Crippen molar-refractivity contribution in [1.82, 2.24) is 19.4 Å². The van der Waals surface area contributed by atoms with Crippen LogP contribution in [0.2, 0.25) is 0 Å². The number of nitrogens with zero attached hydrogens (tertiary/aromatic N) is 6. The van der Waals surface area contributed by atoms with Gasteiger partial charge in [-0.05, 0) is 62.1 Å². The van der Waals surface area contributed by atoms with Crippen LogP contribution in [0.15, 0.2) is 82.4 Å². The van der Waals surface area contributed by atoms with Crippen LogP contribution in [0.5, 0.6) is 0 Å². The third kappa shape index (κ3) is 5.46. The first kappa shape index (κ1) is 25.3. The second kappa shape index (κ2) is 11.8. The lowest BCUT2D eigenvalue weighted by molar-refractivity contribution is 0.0619. The first-order valence-corrected chi connectivity index (χ1v) is 12.8. The summed E-state index contributed by atoms with van der Waals surface area (Å²) in [4.78, 5) is 34.2. The molecule has 0 radical (unpaired) electrons. The molecule has 3 aliphatic rings. The predicted octanol–water partition coefficient (Wildman–Crippen LogP) is 4.61. The van der Waals surface area contributed by atoms with Crippen molar-refractivity contribution in [2.75, 3.05) is 19.6 Å². The number of allylic oxidation sites excluding steroid dienone is 6. The Hall–Kier alpha value is -4.40. The highest BCUT2D eigenvalue weighted by Gasteiger charge is 2.32. The molecule has 8 nitrogen and oxygen atoms in total. The van der Waals surface area contributed by atoms with Crippen LogP contribution in [0.3, 0.4) is 0 Å². The summed E-state index contributed by atoms with van der Waals surface area (Å²) in [6.45, 7) is 1.29. The van der Waals surface area contributed by atoms with Crippen molar-refractivity contribution in [3.63, 3.8) is 0 Å². The molecular weight excluding hydrogens is 481 g/mol. The van der Waals surface area contributed by atoms with Crippen molar-refractivity contribution in [1.29, 1.82) is 0 Å². The number of aliphatic imine (C=N–C) groups is 2. The van der Waals surface area contributed by atoms with Gasteiger partial charge >= 0.3 is 0 Å². The summed E-state index contributed by atoms with van der Waals surface area (Å²) in [7, 11) is 0. The largest absolute Gasteiger partial charge is 0.404 e. The standard InChI is InChI=1S/C29H30FN7O/c30-22-11-12-24(34-15-13-22)21(18-31)19-32-20-23-8-4-7-16-36(23)29(38)27-28(25-9-3-5-14-33-25)37-17-6-1-2-10-26(37)35-27/h2-3,5-6,9-14,17-19,23H,1,4,7-8,15-16,20,31H2/b21-18+,32-19?. The fourth-order valence-corrected chi connectivity index (χ4v) is 4.79. The van der Waals surface area contributed by atoms with Gasteiger partial charge in [0.1, 0.15) is 17.3 Å². The minimum absolute atomic E-state index is 0.0820. The number of hydrogen-bond acceptors (Lipinski definition) is 6. The van der Waals surface area contributed by atoms with E-state index in [0.717, 1.165) is 25.7 Å². The summed E-state index contributed by atoms with van der Waals surface area (Å²) in [5.41, 5.74) is 8.77. The highest BCUT2D eigenvalue weighted by molar-refractivity contribution is 6.21. The second-order valence-electron chi connectivity index (χ2n) is 9.19. The molecule has 5 heterocycles. The Bertz CT molecular complexity index is 1400. The van der Waals surface area contributed by atoms with Crippen LogP contribution >= 0.6 is 0 Å². The number of carbonyl (C=O) groups excluding carboxylic acids is 1. The van der Waals surface area contributed by atoms with Crippen molar-refractivity contribution >= 4 is 30.1 Å². The molecule has 1 atom stereocenters. The number of hydrogen-bond donors (Lipinski definition) is 1. The van der Waals surface area contributed by atoms with Crippen molar-refractivity contribution in [2.24, 2.45) is 15.7 Å². The average Bonchev–Trinajstić information content (AvgIpc) is 3.07. The van der Waals surface area contributed by atoms with Gasteiger partial charge < -0.3 is 10.6 Å². The first-order valence-electron chi connectivity index (χ1n) is 12.8. The van der Waals surface area contributed by atoms with Crippen molar-refractivity contribution < 1.29 is 9.18 Å². The van der Waals surface area contributed by atoms with Crippen LogP contribution in [0.25, 0.3) is 23.7 Å². The fourth-order valence-electron chi connectivity index (χ4n) is 4.79. The number of nitrogens with two attached hydrogens (primary N) is 1. The van der Waals surface area contributed by atoms with Crippen LogP contribution in [-0.4, -0.2) is 62.9 Å². The normalized spacial score (nSPS) is 19.7. The topological polar surface area (TPSA) is 102 Å². The summed E-state index contributed by atoms with van der Waals surface area (Å²) < 4.78 is 15.5. The minimum atomic E-state index is -0.332. The molecule has 9 heteroatoms.